The quantitative estimate of drug-likeness (QED) is 0.807. The molecular weight excluding hydrogens is 280 g/mol. The van der Waals surface area contributed by atoms with Crippen molar-refractivity contribution in [2.24, 2.45) is 5.92 Å². The molecule has 2 fully saturated rings. The van der Waals surface area contributed by atoms with Crippen LogP contribution >= 0.6 is 0 Å². The highest BCUT2D eigenvalue weighted by atomic mass is 16.5. The molecule has 0 aromatic carbocycles. The number of rotatable bonds is 6. The van der Waals surface area contributed by atoms with Crippen molar-refractivity contribution in [1.29, 1.82) is 0 Å². The van der Waals surface area contributed by atoms with Crippen LogP contribution in [0, 0.1) is 5.92 Å². The first kappa shape index (κ1) is 15.6. The van der Waals surface area contributed by atoms with E-state index in [2.05, 4.69) is 11.9 Å². The second-order valence-corrected chi connectivity index (χ2v) is 6.53. The van der Waals surface area contributed by atoms with E-state index in [1.54, 1.807) is 6.07 Å². The summed E-state index contributed by atoms with van der Waals surface area (Å²) in [4.78, 5) is 16.7. The molecule has 1 aromatic rings. The van der Waals surface area contributed by atoms with Crippen LogP contribution in [-0.4, -0.2) is 61.6 Å². The van der Waals surface area contributed by atoms with Crippen molar-refractivity contribution in [2.75, 3.05) is 39.8 Å². The lowest BCUT2D eigenvalue weighted by molar-refractivity contribution is -0.0342. The van der Waals surface area contributed by atoms with Gasteiger partial charge in [0.2, 0.25) is 0 Å². The number of carbonyl (C=O) groups excluding carboxylic acids is 1. The molecule has 122 valence electrons. The zero-order valence-corrected chi connectivity index (χ0v) is 13.6. The zero-order chi connectivity index (χ0) is 15.5. The largest absolute Gasteiger partial charge is 0.456 e. The molecule has 1 amide bonds. The summed E-state index contributed by atoms with van der Waals surface area (Å²) in [6.07, 6.45) is 3.63. The summed E-state index contributed by atoms with van der Waals surface area (Å²) in [6.45, 7) is 5.95. The Morgan fingerprint density at radius 3 is 2.86 bits per heavy atom. The van der Waals surface area contributed by atoms with E-state index in [9.17, 15) is 4.79 Å². The minimum absolute atomic E-state index is 0.0159. The average molecular weight is 306 g/mol. The summed E-state index contributed by atoms with van der Waals surface area (Å²) in [5.41, 5.74) is 0. The molecule has 1 saturated carbocycles. The van der Waals surface area contributed by atoms with Gasteiger partial charge in [0.15, 0.2) is 5.76 Å². The van der Waals surface area contributed by atoms with Crippen LogP contribution < -0.4 is 0 Å². The highest BCUT2D eigenvalue weighted by Crippen LogP contribution is 2.29. The van der Waals surface area contributed by atoms with Crippen LogP contribution in [0.15, 0.2) is 16.5 Å². The lowest BCUT2D eigenvalue weighted by Gasteiger charge is -2.34. The summed E-state index contributed by atoms with van der Waals surface area (Å²) in [7, 11) is 2.14. The average Bonchev–Trinajstić information content (AvgIpc) is 3.19. The molecule has 0 bridgehead atoms. The second-order valence-electron chi connectivity index (χ2n) is 6.53. The minimum atomic E-state index is -0.0159. The molecule has 0 spiro atoms. The van der Waals surface area contributed by atoms with E-state index in [4.69, 9.17) is 9.15 Å². The smallest absolute Gasteiger partial charge is 0.289 e. The van der Waals surface area contributed by atoms with Gasteiger partial charge in [0.05, 0.1) is 12.7 Å². The number of aryl methyl sites for hydroxylation is 1. The highest BCUT2D eigenvalue weighted by Gasteiger charge is 2.29. The van der Waals surface area contributed by atoms with Crippen LogP contribution in [-0.2, 0) is 11.2 Å². The van der Waals surface area contributed by atoms with Crippen LogP contribution in [0.1, 0.15) is 36.1 Å². The number of amides is 1. The van der Waals surface area contributed by atoms with Gasteiger partial charge >= 0.3 is 0 Å². The van der Waals surface area contributed by atoms with E-state index in [0.717, 1.165) is 31.2 Å². The van der Waals surface area contributed by atoms with E-state index in [1.807, 2.05) is 17.9 Å². The minimum Gasteiger partial charge on any atom is -0.456 e. The van der Waals surface area contributed by atoms with Gasteiger partial charge < -0.3 is 19.0 Å². The number of carbonyl (C=O) groups is 1. The number of hydrogen-bond acceptors (Lipinski definition) is 4. The van der Waals surface area contributed by atoms with Crippen LogP contribution in [0.4, 0.5) is 0 Å². The van der Waals surface area contributed by atoms with Gasteiger partial charge in [0.1, 0.15) is 5.76 Å². The third kappa shape index (κ3) is 3.90. The standard InChI is InChI=1S/C17H26N2O3/c1-3-14-6-7-16(22-14)17(20)19-8-9-21-15(12-19)11-18(2)10-13-4-5-13/h6-7,13,15H,3-5,8-12H2,1-2H3/t15-/m0/s1. The van der Waals surface area contributed by atoms with Gasteiger partial charge in [-0.2, -0.15) is 0 Å². The zero-order valence-electron chi connectivity index (χ0n) is 13.6. The number of hydrogen-bond donors (Lipinski definition) is 0. The van der Waals surface area contributed by atoms with Gasteiger partial charge in [-0.3, -0.25) is 4.79 Å². The summed E-state index contributed by atoms with van der Waals surface area (Å²) < 4.78 is 11.4. The number of ether oxygens (including phenoxy) is 1. The first-order chi connectivity index (χ1) is 10.7. The molecule has 5 heteroatoms. The van der Waals surface area contributed by atoms with Crippen molar-refractivity contribution in [2.45, 2.75) is 32.3 Å². The molecule has 1 aliphatic carbocycles. The van der Waals surface area contributed by atoms with Crippen molar-refractivity contribution >= 4 is 5.91 Å². The van der Waals surface area contributed by atoms with Crippen LogP contribution in [0.3, 0.4) is 0 Å². The van der Waals surface area contributed by atoms with E-state index in [1.165, 1.54) is 12.8 Å². The normalized spacial score (nSPS) is 22.3. The van der Waals surface area contributed by atoms with Gasteiger partial charge in [-0.25, -0.2) is 0 Å². The molecule has 1 atom stereocenters. The topological polar surface area (TPSA) is 45.9 Å². The Kier molecular flexibility index (Phi) is 4.84. The molecule has 1 saturated heterocycles. The maximum Gasteiger partial charge on any atom is 0.289 e. The molecule has 5 nitrogen and oxygen atoms in total. The lowest BCUT2D eigenvalue weighted by Crippen LogP contribution is -2.49. The Balaban J connectivity index is 1.53. The van der Waals surface area contributed by atoms with Gasteiger partial charge in [-0.1, -0.05) is 6.92 Å². The SMILES string of the molecule is CCc1ccc(C(=O)N2CCO[C@@H](CN(C)CC3CC3)C2)o1. The fourth-order valence-corrected chi connectivity index (χ4v) is 3.02. The van der Waals surface area contributed by atoms with E-state index < -0.39 is 0 Å². The van der Waals surface area contributed by atoms with E-state index >= 15 is 0 Å². The van der Waals surface area contributed by atoms with Crippen molar-refractivity contribution < 1.29 is 13.9 Å². The summed E-state index contributed by atoms with van der Waals surface area (Å²) >= 11 is 0. The Morgan fingerprint density at radius 1 is 1.36 bits per heavy atom. The molecule has 22 heavy (non-hydrogen) atoms. The third-order valence-corrected chi connectivity index (χ3v) is 4.43. The highest BCUT2D eigenvalue weighted by molar-refractivity contribution is 5.91. The number of morpholine rings is 1. The van der Waals surface area contributed by atoms with Gasteiger partial charge in [0.25, 0.3) is 5.91 Å². The molecule has 2 heterocycles. The molecular formula is C17H26N2O3. The lowest BCUT2D eigenvalue weighted by atomic mass is 10.2. The Bertz CT molecular complexity index is 510. The number of nitrogens with zero attached hydrogens (tertiary/aromatic N) is 2. The summed E-state index contributed by atoms with van der Waals surface area (Å²) in [5.74, 6) is 2.17. The molecule has 2 aliphatic rings. The molecule has 1 aromatic heterocycles. The first-order valence-corrected chi connectivity index (χ1v) is 8.34. The third-order valence-electron chi connectivity index (χ3n) is 4.43. The van der Waals surface area contributed by atoms with Crippen molar-refractivity contribution in [1.82, 2.24) is 9.80 Å². The van der Waals surface area contributed by atoms with Gasteiger partial charge in [0, 0.05) is 32.6 Å². The van der Waals surface area contributed by atoms with E-state index in [-0.39, 0.29) is 12.0 Å². The van der Waals surface area contributed by atoms with E-state index in [0.29, 0.717) is 25.5 Å². The monoisotopic (exact) mass is 306 g/mol. The fourth-order valence-electron chi connectivity index (χ4n) is 3.02. The fraction of sp³-hybridized carbons (Fsp3) is 0.706. The Labute approximate surface area is 132 Å². The number of likely N-dealkylation sites (N-methyl/N-ethyl adjacent to an activating group) is 1. The van der Waals surface area contributed by atoms with Crippen LogP contribution in [0.25, 0.3) is 0 Å². The molecule has 0 radical (unpaired) electrons. The predicted octanol–water partition coefficient (Wildman–Crippen LogP) is 2.02. The maximum absolute atomic E-state index is 12.5. The summed E-state index contributed by atoms with van der Waals surface area (Å²) in [5, 5.41) is 0. The molecule has 1 aliphatic heterocycles. The van der Waals surface area contributed by atoms with Gasteiger partial charge in [-0.05, 0) is 37.9 Å². The second kappa shape index (κ2) is 6.84. The van der Waals surface area contributed by atoms with Crippen molar-refractivity contribution in [3.05, 3.63) is 23.7 Å². The van der Waals surface area contributed by atoms with Crippen molar-refractivity contribution in [3.8, 4) is 0 Å². The Morgan fingerprint density at radius 2 is 2.18 bits per heavy atom. The van der Waals surface area contributed by atoms with Crippen LogP contribution in [0.2, 0.25) is 0 Å². The number of furan rings is 1. The molecule has 0 unspecified atom stereocenters. The predicted molar refractivity (Wildman–Crippen MR) is 84.0 cm³/mol. The Hall–Kier alpha value is -1.33. The molecule has 3 rings (SSSR count). The maximum atomic E-state index is 12.5. The van der Waals surface area contributed by atoms with Crippen LogP contribution in [0.5, 0.6) is 0 Å². The van der Waals surface area contributed by atoms with Gasteiger partial charge in [-0.15, -0.1) is 0 Å². The molecule has 0 N–H and O–H groups in total. The van der Waals surface area contributed by atoms with Crippen molar-refractivity contribution in [3.63, 3.8) is 0 Å². The summed E-state index contributed by atoms with van der Waals surface area (Å²) in [6, 6.07) is 3.67. The first-order valence-electron chi connectivity index (χ1n) is 8.34.